The maximum absolute atomic E-state index is 5.53. The minimum absolute atomic E-state index is 0.475. The van der Waals surface area contributed by atoms with E-state index in [9.17, 15) is 0 Å². The molecule has 1 atom stereocenters. The molecule has 0 fully saturated rings. The lowest BCUT2D eigenvalue weighted by molar-refractivity contribution is 0.401. The van der Waals surface area contributed by atoms with E-state index in [4.69, 9.17) is 4.74 Å². The van der Waals surface area contributed by atoms with Crippen molar-refractivity contribution in [2.45, 2.75) is 47.1 Å². The van der Waals surface area contributed by atoms with Crippen LogP contribution < -0.4 is 10.1 Å². The van der Waals surface area contributed by atoms with E-state index >= 15 is 0 Å². The van der Waals surface area contributed by atoms with Crippen LogP contribution >= 0.6 is 0 Å². The molecule has 2 nitrogen and oxygen atoms in total. The highest BCUT2D eigenvalue weighted by Crippen LogP contribution is 2.26. The summed E-state index contributed by atoms with van der Waals surface area (Å²) < 4.78 is 5.53. The summed E-state index contributed by atoms with van der Waals surface area (Å²) in [5.74, 6) is 1.73. The first-order valence-corrected chi connectivity index (χ1v) is 6.81. The van der Waals surface area contributed by atoms with Gasteiger partial charge in [0.05, 0.1) is 7.11 Å². The lowest BCUT2D eigenvalue weighted by Gasteiger charge is -2.19. The molecule has 102 valence electrons. The van der Waals surface area contributed by atoms with Gasteiger partial charge in [-0.15, -0.1) is 0 Å². The minimum Gasteiger partial charge on any atom is -0.496 e. The largest absolute Gasteiger partial charge is 0.496 e. The van der Waals surface area contributed by atoms with E-state index in [1.54, 1.807) is 7.11 Å². The molecule has 0 saturated carbocycles. The van der Waals surface area contributed by atoms with E-state index in [0.717, 1.165) is 18.7 Å². The Balaban J connectivity index is 2.76. The van der Waals surface area contributed by atoms with Gasteiger partial charge in [0, 0.05) is 6.04 Å². The molecule has 1 N–H and O–H groups in total. The SMILES string of the molecule is COc1c(C)cc(C)cc1CC(C)NCC(C)C. The smallest absolute Gasteiger partial charge is 0.125 e. The van der Waals surface area contributed by atoms with E-state index in [1.165, 1.54) is 16.7 Å². The third-order valence-electron chi connectivity index (χ3n) is 3.10. The molecule has 0 aliphatic carbocycles. The van der Waals surface area contributed by atoms with Gasteiger partial charge in [0.2, 0.25) is 0 Å². The van der Waals surface area contributed by atoms with Gasteiger partial charge < -0.3 is 10.1 Å². The van der Waals surface area contributed by atoms with Crippen LogP contribution in [0.3, 0.4) is 0 Å². The van der Waals surface area contributed by atoms with Gasteiger partial charge in [-0.2, -0.15) is 0 Å². The summed E-state index contributed by atoms with van der Waals surface area (Å²) in [7, 11) is 1.76. The highest BCUT2D eigenvalue weighted by Gasteiger charge is 2.11. The van der Waals surface area contributed by atoms with Crippen LogP contribution in [0.4, 0.5) is 0 Å². The molecule has 2 heteroatoms. The monoisotopic (exact) mass is 249 g/mol. The summed E-state index contributed by atoms with van der Waals surface area (Å²) >= 11 is 0. The first-order valence-electron chi connectivity index (χ1n) is 6.81. The van der Waals surface area contributed by atoms with Crippen LogP contribution in [0.2, 0.25) is 0 Å². The van der Waals surface area contributed by atoms with Gasteiger partial charge in [0.1, 0.15) is 5.75 Å². The van der Waals surface area contributed by atoms with Crippen molar-refractivity contribution in [2.24, 2.45) is 5.92 Å². The summed E-state index contributed by atoms with van der Waals surface area (Å²) in [5, 5.41) is 3.57. The molecule has 0 aliphatic heterocycles. The molecule has 0 aromatic heterocycles. The van der Waals surface area contributed by atoms with Crippen molar-refractivity contribution in [3.05, 3.63) is 28.8 Å². The summed E-state index contributed by atoms with van der Waals surface area (Å²) in [6.45, 7) is 12.0. The van der Waals surface area contributed by atoms with Crippen LogP contribution in [0.5, 0.6) is 5.75 Å². The van der Waals surface area contributed by atoms with E-state index in [1.807, 2.05) is 0 Å². The predicted molar refractivity (Wildman–Crippen MR) is 78.5 cm³/mol. The fraction of sp³-hybridized carbons (Fsp3) is 0.625. The van der Waals surface area contributed by atoms with Crippen molar-refractivity contribution < 1.29 is 4.74 Å². The Hall–Kier alpha value is -1.02. The van der Waals surface area contributed by atoms with E-state index in [-0.39, 0.29) is 0 Å². The van der Waals surface area contributed by atoms with Crippen LogP contribution in [0.1, 0.15) is 37.5 Å². The minimum atomic E-state index is 0.475. The number of hydrogen-bond donors (Lipinski definition) is 1. The van der Waals surface area contributed by atoms with Crippen molar-refractivity contribution in [3.8, 4) is 5.75 Å². The molecule has 0 heterocycles. The van der Waals surface area contributed by atoms with Crippen molar-refractivity contribution in [1.29, 1.82) is 0 Å². The molecule has 0 spiro atoms. The highest BCUT2D eigenvalue weighted by atomic mass is 16.5. The van der Waals surface area contributed by atoms with Gasteiger partial charge in [0.15, 0.2) is 0 Å². The van der Waals surface area contributed by atoms with Gasteiger partial charge in [-0.1, -0.05) is 31.5 Å². The number of rotatable bonds is 6. The predicted octanol–water partition coefficient (Wildman–Crippen LogP) is 3.49. The molecule has 0 bridgehead atoms. The third kappa shape index (κ3) is 4.34. The maximum atomic E-state index is 5.53. The molecule has 1 rings (SSSR count). The Morgan fingerprint density at radius 2 is 1.83 bits per heavy atom. The normalized spacial score (nSPS) is 12.8. The van der Waals surface area contributed by atoms with Gasteiger partial charge in [0.25, 0.3) is 0 Å². The second-order valence-corrected chi connectivity index (χ2v) is 5.68. The average molecular weight is 249 g/mol. The molecule has 0 saturated heterocycles. The number of hydrogen-bond acceptors (Lipinski definition) is 2. The van der Waals surface area contributed by atoms with Gasteiger partial charge >= 0.3 is 0 Å². The topological polar surface area (TPSA) is 21.3 Å². The van der Waals surface area contributed by atoms with Gasteiger partial charge in [-0.25, -0.2) is 0 Å². The van der Waals surface area contributed by atoms with Gasteiger partial charge in [-0.05, 0) is 50.8 Å². The number of benzene rings is 1. The number of ether oxygens (including phenoxy) is 1. The molecule has 0 radical (unpaired) electrons. The molecule has 1 aromatic rings. The first-order chi connectivity index (χ1) is 8.43. The van der Waals surface area contributed by atoms with Crippen molar-refractivity contribution >= 4 is 0 Å². The van der Waals surface area contributed by atoms with Crippen LogP contribution in [-0.2, 0) is 6.42 Å². The van der Waals surface area contributed by atoms with Gasteiger partial charge in [-0.3, -0.25) is 0 Å². The van der Waals surface area contributed by atoms with Crippen LogP contribution in [0.15, 0.2) is 12.1 Å². The van der Waals surface area contributed by atoms with Crippen molar-refractivity contribution in [3.63, 3.8) is 0 Å². The third-order valence-corrected chi connectivity index (χ3v) is 3.10. The standard InChI is InChI=1S/C16H27NO/c1-11(2)10-17-14(5)9-15-8-12(3)7-13(4)16(15)18-6/h7-8,11,14,17H,9-10H2,1-6H3. The van der Waals surface area contributed by atoms with Crippen LogP contribution in [0, 0.1) is 19.8 Å². The molecule has 0 aliphatic rings. The Morgan fingerprint density at radius 3 is 2.39 bits per heavy atom. The van der Waals surface area contributed by atoms with Crippen LogP contribution in [0.25, 0.3) is 0 Å². The molecule has 1 unspecified atom stereocenters. The number of methoxy groups -OCH3 is 1. The molecule has 0 amide bonds. The van der Waals surface area contributed by atoms with Crippen LogP contribution in [-0.4, -0.2) is 19.7 Å². The van der Waals surface area contributed by atoms with E-state index in [0.29, 0.717) is 12.0 Å². The zero-order valence-corrected chi connectivity index (χ0v) is 12.6. The second-order valence-electron chi connectivity index (χ2n) is 5.68. The van der Waals surface area contributed by atoms with Crippen molar-refractivity contribution in [2.75, 3.05) is 13.7 Å². The molecular formula is C16H27NO. The highest BCUT2D eigenvalue weighted by molar-refractivity contribution is 5.44. The molecule has 18 heavy (non-hydrogen) atoms. The quantitative estimate of drug-likeness (QED) is 0.833. The lowest BCUT2D eigenvalue weighted by atomic mass is 10.00. The van der Waals surface area contributed by atoms with Crippen molar-refractivity contribution in [1.82, 2.24) is 5.32 Å². The Kier molecular flexibility index (Phi) is 5.67. The Labute approximate surface area is 112 Å². The number of nitrogens with one attached hydrogen (secondary N) is 1. The molecule has 1 aromatic carbocycles. The first kappa shape index (κ1) is 15.0. The summed E-state index contributed by atoms with van der Waals surface area (Å²) in [6, 6.07) is 4.89. The summed E-state index contributed by atoms with van der Waals surface area (Å²) in [5.41, 5.74) is 3.83. The molecular weight excluding hydrogens is 222 g/mol. The van der Waals surface area contributed by atoms with E-state index < -0.39 is 0 Å². The summed E-state index contributed by atoms with van der Waals surface area (Å²) in [6.07, 6.45) is 1.01. The lowest BCUT2D eigenvalue weighted by Crippen LogP contribution is -2.31. The summed E-state index contributed by atoms with van der Waals surface area (Å²) in [4.78, 5) is 0. The van der Waals surface area contributed by atoms with E-state index in [2.05, 4.69) is 52.1 Å². The maximum Gasteiger partial charge on any atom is 0.125 e. The zero-order valence-electron chi connectivity index (χ0n) is 12.6. The number of aryl methyl sites for hydroxylation is 2. The Morgan fingerprint density at radius 1 is 1.17 bits per heavy atom. The second kappa shape index (κ2) is 6.79. The Bertz CT molecular complexity index is 385. The zero-order chi connectivity index (χ0) is 13.7. The fourth-order valence-corrected chi connectivity index (χ4v) is 2.32. The fourth-order valence-electron chi connectivity index (χ4n) is 2.32. The average Bonchev–Trinajstić information content (AvgIpc) is 2.26.